The molecule has 0 unspecified atom stereocenters. The van der Waals surface area contributed by atoms with Crippen LogP contribution in [0.4, 0.5) is 5.69 Å². The van der Waals surface area contributed by atoms with Crippen LogP contribution in [0, 0.1) is 10.1 Å². The lowest BCUT2D eigenvalue weighted by Crippen LogP contribution is -2.22. The van der Waals surface area contributed by atoms with Crippen LogP contribution in [0.15, 0.2) is 50.8 Å². The molecule has 0 atom stereocenters. The van der Waals surface area contributed by atoms with E-state index in [1.165, 1.54) is 24.1 Å². The first-order chi connectivity index (χ1) is 14.0. The fraction of sp³-hybridized carbons (Fsp3) is 0.250. The largest absolute Gasteiger partial charge is 0.490 e. The zero-order valence-electron chi connectivity index (χ0n) is 16.0. The Balaban J connectivity index is 2.16. The van der Waals surface area contributed by atoms with Crippen LogP contribution in [0.3, 0.4) is 0 Å². The predicted octanol–water partition coefficient (Wildman–Crippen LogP) is 4.30. The van der Waals surface area contributed by atoms with E-state index >= 15 is 0 Å². The minimum absolute atomic E-state index is 0.0842. The number of nitro groups is 1. The number of halogens is 1. The quantitative estimate of drug-likeness (QED) is 0.298. The van der Waals surface area contributed by atoms with Crippen molar-refractivity contribution < 1.29 is 9.66 Å². The Bertz CT molecular complexity index is 1160. The molecule has 0 radical (unpaired) electrons. The SMILES string of the molecule is CCCCc1nc2ccc(Br)cc2c(=O)n1N=Cc1cccc([N+](=O)[O-])c1OC. The third-order valence-electron chi connectivity index (χ3n) is 4.37. The molecule has 150 valence electrons. The highest BCUT2D eigenvalue weighted by Crippen LogP contribution is 2.29. The van der Waals surface area contributed by atoms with Crippen molar-refractivity contribution in [1.29, 1.82) is 0 Å². The van der Waals surface area contributed by atoms with Gasteiger partial charge in [0, 0.05) is 22.5 Å². The summed E-state index contributed by atoms with van der Waals surface area (Å²) in [5.41, 5.74) is 0.520. The van der Waals surface area contributed by atoms with Gasteiger partial charge in [-0.3, -0.25) is 14.9 Å². The molecule has 3 rings (SSSR count). The van der Waals surface area contributed by atoms with E-state index in [0.29, 0.717) is 28.7 Å². The van der Waals surface area contributed by atoms with Crippen LogP contribution in [0.5, 0.6) is 5.75 Å². The molecule has 8 nitrogen and oxygen atoms in total. The smallest absolute Gasteiger partial charge is 0.311 e. The Hall–Kier alpha value is -3.07. The van der Waals surface area contributed by atoms with E-state index in [1.807, 2.05) is 6.07 Å². The van der Waals surface area contributed by atoms with E-state index in [9.17, 15) is 14.9 Å². The van der Waals surface area contributed by atoms with Gasteiger partial charge in [-0.05, 0) is 30.7 Å². The first kappa shape index (κ1) is 20.7. The molecule has 9 heteroatoms. The van der Waals surface area contributed by atoms with Gasteiger partial charge in [0.05, 0.1) is 29.2 Å². The number of nitrogens with zero attached hydrogens (tertiary/aromatic N) is 4. The molecule has 3 aromatic rings. The standard InChI is InChI=1S/C20H19BrN4O4/c1-3-4-8-18-23-16-10-9-14(21)11-15(16)20(26)24(18)22-12-13-6-5-7-17(25(27)28)19(13)29-2/h5-7,9-12H,3-4,8H2,1-2H3. The van der Waals surface area contributed by atoms with Crippen molar-refractivity contribution in [2.24, 2.45) is 5.10 Å². The van der Waals surface area contributed by atoms with Gasteiger partial charge < -0.3 is 4.74 Å². The number of unbranched alkanes of at least 4 members (excludes halogenated alkanes) is 1. The maximum absolute atomic E-state index is 13.1. The fourth-order valence-electron chi connectivity index (χ4n) is 2.94. The summed E-state index contributed by atoms with van der Waals surface area (Å²) in [4.78, 5) is 28.4. The number of methoxy groups -OCH3 is 1. The van der Waals surface area contributed by atoms with Gasteiger partial charge in [-0.1, -0.05) is 35.3 Å². The number of aryl methyl sites for hydroxylation is 1. The second-order valence-electron chi connectivity index (χ2n) is 6.31. The first-order valence-electron chi connectivity index (χ1n) is 9.03. The summed E-state index contributed by atoms with van der Waals surface area (Å²) in [5.74, 6) is 0.619. The summed E-state index contributed by atoms with van der Waals surface area (Å²) in [6.07, 6.45) is 3.76. The summed E-state index contributed by atoms with van der Waals surface area (Å²) < 4.78 is 7.21. The normalized spacial score (nSPS) is 11.3. The monoisotopic (exact) mass is 458 g/mol. The number of hydrogen-bond donors (Lipinski definition) is 0. The van der Waals surface area contributed by atoms with Crippen LogP contribution in [-0.4, -0.2) is 27.9 Å². The number of fused-ring (bicyclic) bond motifs is 1. The molecular formula is C20H19BrN4O4. The Morgan fingerprint density at radius 3 is 2.83 bits per heavy atom. The summed E-state index contributed by atoms with van der Waals surface area (Å²) >= 11 is 3.37. The summed E-state index contributed by atoms with van der Waals surface area (Å²) in [5, 5.41) is 16.0. The molecule has 0 bridgehead atoms. The summed E-state index contributed by atoms with van der Waals surface area (Å²) in [6, 6.07) is 9.85. The van der Waals surface area contributed by atoms with Crippen LogP contribution >= 0.6 is 15.9 Å². The van der Waals surface area contributed by atoms with Gasteiger partial charge in [0.1, 0.15) is 5.82 Å². The molecule has 0 aliphatic rings. The number of hydrogen-bond acceptors (Lipinski definition) is 6. The van der Waals surface area contributed by atoms with Gasteiger partial charge >= 0.3 is 5.69 Å². The van der Waals surface area contributed by atoms with Crippen molar-refractivity contribution in [3.8, 4) is 5.75 Å². The van der Waals surface area contributed by atoms with Crippen LogP contribution in [0.25, 0.3) is 10.9 Å². The van der Waals surface area contributed by atoms with Gasteiger partial charge in [-0.15, -0.1) is 0 Å². The lowest BCUT2D eigenvalue weighted by Gasteiger charge is -2.10. The molecule has 0 N–H and O–H groups in total. The molecule has 29 heavy (non-hydrogen) atoms. The van der Waals surface area contributed by atoms with Crippen molar-refractivity contribution in [1.82, 2.24) is 9.66 Å². The van der Waals surface area contributed by atoms with Crippen molar-refractivity contribution in [2.45, 2.75) is 26.2 Å². The van der Waals surface area contributed by atoms with Crippen LogP contribution in [-0.2, 0) is 6.42 Å². The van der Waals surface area contributed by atoms with Gasteiger partial charge in [0.25, 0.3) is 5.56 Å². The Morgan fingerprint density at radius 2 is 2.14 bits per heavy atom. The van der Waals surface area contributed by atoms with E-state index in [1.54, 1.807) is 24.3 Å². The molecule has 0 aliphatic heterocycles. The van der Waals surface area contributed by atoms with Gasteiger partial charge in [0.15, 0.2) is 0 Å². The van der Waals surface area contributed by atoms with E-state index in [-0.39, 0.29) is 17.0 Å². The van der Waals surface area contributed by atoms with E-state index < -0.39 is 4.92 Å². The average molecular weight is 459 g/mol. The van der Waals surface area contributed by atoms with Gasteiger partial charge in [-0.2, -0.15) is 9.78 Å². The summed E-state index contributed by atoms with van der Waals surface area (Å²) in [6.45, 7) is 2.05. The molecule has 0 saturated carbocycles. The number of aromatic nitrogens is 2. The average Bonchev–Trinajstić information content (AvgIpc) is 2.71. The maximum Gasteiger partial charge on any atom is 0.311 e. The van der Waals surface area contributed by atoms with Crippen molar-refractivity contribution in [2.75, 3.05) is 7.11 Å². The second-order valence-corrected chi connectivity index (χ2v) is 7.23. The lowest BCUT2D eigenvalue weighted by molar-refractivity contribution is -0.385. The highest BCUT2D eigenvalue weighted by atomic mass is 79.9. The second kappa shape index (κ2) is 8.95. The minimum Gasteiger partial charge on any atom is -0.490 e. The van der Waals surface area contributed by atoms with Gasteiger partial charge in [0.2, 0.25) is 5.75 Å². The molecule has 0 saturated heterocycles. The molecule has 0 spiro atoms. The Morgan fingerprint density at radius 1 is 1.34 bits per heavy atom. The predicted molar refractivity (Wildman–Crippen MR) is 115 cm³/mol. The van der Waals surface area contributed by atoms with Crippen LogP contribution in [0.2, 0.25) is 0 Å². The van der Waals surface area contributed by atoms with E-state index in [4.69, 9.17) is 4.74 Å². The van der Waals surface area contributed by atoms with Crippen molar-refractivity contribution in [3.63, 3.8) is 0 Å². The highest BCUT2D eigenvalue weighted by molar-refractivity contribution is 9.10. The summed E-state index contributed by atoms with van der Waals surface area (Å²) in [7, 11) is 1.35. The fourth-order valence-corrected chi connectivity index (χ4v) is 3.30. The number of para-hydroxylation sites is 1. The number of benzene rings is 2. The topological polar surface area (TPSA) is 99.6 Å². The molecule has 0 fully saturated rings. The first-order valence-corrected chi connectivity index (χ1v) is 9.82. The van der Waals surface area contributed by atoms with E-state index in [2.05, 4.69) is 32.9 Å². The molecular weight excluding hydrogens is 440 g/mol. The van der Waals surface area contributed by atoms with Crippen molar-refractivity contribution in [3.05, 3.63) is 72.7 Å². The number of nitro benzene ring substituents is 1. The Labute approximate surface area is 175 Å². The molecule has 2 aromatic carbocycles. The molecule has 1 heterocycles. The molecule has 1 aromatic heterocycles. The zero-order chi connectivity index (χ0) is 21.0. The molecule has 0 amide bonds. The van der Waals surface area contributed by atoms with Crippen molar-refractivity contribution >= 4 is 38.7 Å². The van der Waals surface area contributed by atoms with E-state index in [0.717, 1.165) is 17.3 Å². The maximum atomic E-state index is 13.1. The highest BCUT2D eigenvalue weighted by Gasteiger charge is 2.17. The third-order valence-corrected chi connectivity index (χ3v) is 4.86. The molecule has 0 aliphatic carbocycles. The number of ether oxygens (including phenoxy) is 1. The third kappa shape index (κ3) is 4.34. The Kier molecular flexibility index (Phi) is 6.38. The van der Waals surface area contributed by atoms with Crippen LogP contribution in [0.1, 0.15) is 31.2 Å². The minimum atomic E-state index is -0.524. The van der Waals surface area contributed by atoms with Crippen LogP contribution < -0.4 is 10.3 Å². The zero-order valence-corrected chi connectivity index (χ0v) is 17.5. The number of rotatable bonds is 7. The lowest BCUT2D eigenvalue weighted by atomic mass is 10.2. The van der Waals surface area contributed by atoms with Gasteiger partial charge in [-0.25, -0.2) is 4.98 Å².